The van der Waals surface area contributed by atoms with Crippen molar-refractivity contribution in [3.8, 4) is 11.4 Å². The van der Waals surface area contributed by atoms with Gasteiger partial charge in [0.15, 0.2) is 0 Å². The van der Waals surface area contributed by atoms with Crippen LogP contribution < -0.4 is 5.32 Å². The fraction of sp³-hybridized carbons (Fsp3) is 0.357. The predicted molar refractivity (Wildman–Crippen MR) is 75.6 cm³/mol. The number of benzene rings is 1. The monoisotopic (exact) mass is 263 g/mol. The van der Waals surface area contributed by atoms with Crippen molar-refractivity contribution >= 4 is 11.6 Å². The van der Waals surface area contributed by atoms with Crippen LogP contribution in [0.3, 0.4) is 0 Å². The lowest BCUT2D eigenvalue weighted by atomic mass is 10.2. The van der Waals surface area contributed by atoms with E-state index in [-0.39, 0.29) is 0 Å². The molecule has 0 aliphatic rings. The second-order valence-corrected chi connectivity index (χ2v) is 5.23. The van der Waals surface area contributed by atoms with Crippen LogP contribution in [0, 0.1) is 5.92 Å². The minimum atomic E-state index is 0.653. The smallest absolute Gasteiger partial charge is 0.137 e. The Bertz CT molecular complexity index is 505. The van der Waals surface area contributed by atoms with E-state index in [1.165, 1.54) is 0 Å². The minimum Gasteiger partial charge on any atom is -0.341 e. The van der Waals surface area contributed by atoms with Gasteiger partial charge in [0, 0.05) is 29.0 Å². The quantitative estimate of drug-likeness (QED) is 0.867. The highest BCUT2D eigenvalue weighted by atomic mass is 35.5. The Balaban J connectivity index is 2.02. The van der Waals surface area contributed by atoms with Crippen molar-refractivity contribution in [3.63, 3.8) is 0 Å². The maximum atomic E-state index is 5.97. The number of nitrogens with zero attached hydrogens (tertiary/aromatic N) is 1. The first-order valence-corrected chi connectivity index (χ1v) is 6.53. The number of nitrogens with one attached hydrogen (secondary N) is 2. The number of halogens is 1. The van der Waals surface area contributed by atoms with Crippen molar-refractivity contribution in [2.45, 2.75) is 20.4 Å². The molecule has 0 aliphatic heterocycles. The molecule has 0 radical (unpaired) electrons. The van der Waals surface area contributed by atoms with E-state index in [4.69, 9.17) is 11.6 Å². The van der Waals surface area contributed by atoms with E-state index >= 15 is 0 Å². The highest BCUT2D eigenvalue weighted by Crippen LogP contribution is 2.19. The maximum absolute atomic E-state index is 5.97. The summed E-state index contributed by atoms with van der Waals surface area (Å²) in [5, 5.41) is 4.11. The lowest BCUT2D eigenvalue weighted by molar-refractivity contribution is 0.549. The summed E-state index contributed by atoms with van der Waals surface area (Å²) < 4.78 is 0. The fourth-order valence-electron chi connectivity index (χ4n) is 1.73. The van der Waals surface area contributed by atoms with Crippen LogP contribution in [-0.4, -0.2) is 16.5 Å². The molecular weight excluding hydrogens is 246 g/mol. The topological polar surface area (TPSA) is 40.7 Å². The van der Waals surface area contributed by atoms with Crippen LogP contribution in [0.1, 0.15) is 19.5 Å². The van der Waals surface area contributed by atoms with Gasteiger partial charge in [-0.05, 0) is 24.6 Å². The summed E-state index contributed by atoms with van der Waals surface area (Å²) in [5.41, 5.74) is 2.10. The van der Waals surface area contributed by atoms with Crippen LogP contribution in [0.15, 0.2) is 30.5 Å². The van der Waals surface area contributed by atoms with Gasteiger partial charge in [0.1, 0.15) is 5.82 Å². The Morgan fingerprint density at radius 2 is 2.22 bits per heavy atom. The van der Waals surface area contributed by atoms with Crippen LogP contribution in [0.25, 0.3) is 11.4 Å². The van der Waals surface area contributed by atoms with Gasteiger partial charge < -0.3 is 10.3 Å². The highest BCUT2D eigenvalue weighted by Gasteiger charge is 2.04. The molecule has 0 aliphatic carbocycles. The molecule has 2 N–H and O–H groups in total. The molecule has 0 unspecified atom stereocenters. The molecule has 1 heterocycles. The van der Waals surface area contributed by atoms with Crippen molar-refractivity contribution in [2.75, 3.05) is 6.54 Å². The van der Waals surface area contributed by atoms with Crippen molar-refractivity contribution < 1.29 is 0 Å². The molecule has 0 bridgehead atoms. The van der Waals surface area contributed by atoms with Crippen LogP contribution >= 0.6 is 11.6 Å². The second kappa shape index (κ2) is 6.03. The van der Waals surface area contributed by atoms with Gasteiger partial charge in [-0.3, -0.25) is 0 Å². The second-order valence-electron chi connectivity index (χ2n) is 4.79. The first-order chi connectivity index (χ1) is 8.65. The van der Waals surface area contributed by atoms with E-state index in [0.717, 1.165) is 35.2 Å². The van der Waals surface area contributed by atoms with Crippen molar-refractivity contribution in [1.29, 1.82) is 0 Å². The summed E-state index contributed by atoms with van der Waals surface area (Å²) in [6, 6.07) is 7.69. The number of hydrogen-bond acceptors (Lipinski definition) is 2. The van der Waals surface area contributed by atoms with E-state index in [9.17, 15) is 0 Å². The van der Waals surface area contributed by atoms with Gasteiger partial charge in [-0.15, -0.1) is 0 Å². The molecule has 0 amide bonds. The number of H-pyrrole nitrogens is 1. The maximum Gasteiger partial charge on any atom is 0.137 e. The molecular formula is C14H18ClN3. The van der Waals surface area contributed by atoms with E-state index in [1.807, 2.05) is 30.5 Å². The van der Waals surface area contributed by atoms with Crippen molar-refractivity contribution in [3.05, 3.63) is 41.2 Å². The summed E-state index contributed by atoms with van der Waals surface area (Å²) >= 11 is 5.97. The Morgan fingerprint density at radius 3 is 2.94 bits per heavy atom. The lowest BCUT2D eigenvalue weighted by Gasteiger charge is -2.05. The summed E-state index contributed by atoms with van der Waals surface area (Å²) in [6.07, 6.45) is 1.86. The molecule has 1 aromatic heterocycles. The van der Waals surface area contributed by atoms with Gasteiger partial charge in [0.25, 0.3) is 0 Å². The highest BCUT2D eigenvalue weighted by molar-refractivity contribution is 6.30. The molecule has 0 saturated carbocycles. The molecule has 2 aromatic rings. The van der Waals surface area contributed by atoms with Crippen molar-refractivity contribution in [2.24, 2.45) is 5.92 Å². The van der Waals surface area contributed by atoms with E-state index < -0.39 is 0 Å². The Morgan fingerprint density at radius 1 is 1.39 bits per heavy atom. The molecule has 96 valence electrons. The van der Waals surface area contributed by atoms with Gasteiger partial charge in [0.2, 0.25) is 0 Å². The predicted octanol–water partition coefficient (Wildman–Crippen LogP) is 3.48. The SMILES string of the molecule is CC(C)CNCc1cnc(-c2cccc(Cl)c2)[nH]1. The number of rotatable bonds is 5. The summed E-state index contributed by atoms with van der Waals surface area (Å²) in [6.45, 7) is 6.20. The Hall–Kier alpha value is -1.32. The lowest BCUT2D eigenvalue weighted by Crippen LogP contribution is -2.19. The van der Waals surface area contributed by atoms with Crippen LogP contribution in [-0.2, 0) is 6.54 Å². The third-order valence-corrected chi connectivity index (χ3v) is 2.83. The Labute approximate surface area is 113 Å². The average Bonchev–Trinajstić information content (AvgIpc) is 2.77. The summed E-state index contributed by atoms with van der Waals surface area (Å²) in [5.74, 6) is 1.51. The normalized spacial score (nSPS) is 11.1. The third-order valence-electron chi connectivity index (χ3n) is 2.59. The van der Waals surface area contributed by atoms with Gasteiger partial charge in [-0.2, -0.15) is 0 Å². The van der Waals surface area contributed by atoms with Crippen LogP contribution in [0.5, 0.6) is 0 Å². The third kappa shape index (κ3) is 3.59. The number of imidazole rings is 1. The van der Waals surface area contributed by atoms with Crippen LogP contribution in [0.2, 0.25) is 5.02 Å². The number of aromatic nitrogens is 2. The molecule has 2 rings (SSSR count). The average molecular weight is 264 g/mol. The zero-order valence-corrected chi connectivity index (χ0v) is 11.5. The van der Waals surface area contributed by atoms with E-state index in [1.54, 1.807) is 0 Å². The largest absolute Gasteiger partial charge is 0.341 e. The fourth-order valence-corrected chi connectivity index (χ4v) is 1.92. The Kier molecular flexibility index (Phi) is 4.39. The first-order valence-electron chi connectivity index (χ1n) is 6.15. The molecule has 4 heteroatoms. The zero-order valence-electron chi connectivity index (χ0n) is 10.7. The van der Waals surface area contributed by atoms with E-state index in [0.29, 0.717) is 5.92 Å². The van der Waals surface area contributed by atoms with Gasteiger partial charge in [-0.1, -0.05) is 37.6 Å². The van der Waals surface area contributed by atoms with Gasteiger partial charge in [-0.25, -0.2) is 4.98 Å². The molecule has 0 spiro atoms. The standard InChI is InChI=1S/C14H18ClN3/c1-10(2)7-16-8-13-9-17-14(18-13)11-4-3-5-12(15)6-11/h3-6,9-10,16H,7-8H2,1-2H3,(H,17,18). The van der Waals surface area contributed by atoms with Gasteiger partial charge in [0.05, 0.1) is 0 Å². The van der Waals surface area contributed by atoms with Crippen molar-refractivity contribution in [1.82, 2.24) is 15.3 Å². The summed E-state index contributed by atoms with van der Waals surface area (Å²) in [4.78, 5) is 7.67. The number of hydrogen-bond donors (Lipinski definition) is 2. The number of aromatic amines is 1. The molecule has 3 nitrogen and oxygen atoms in total. The molecule has 18 heavy (non-hydrogen) atoms. The van der Waals surface area contributed by atoms with Crippen LogP contribution in [0.4, 0.5) is 0 Å². The first kappa shape index (κ1) is 13.1. The molecule has 0 saturated heterocycles. The molecule has 0 fully saturated rings. The van der Waals surface area contributed by atoms with Gasteiger partial charge >= 0.3 is 0 Å². The zero-order chi connectivity index (χ0) is 13.0. The summed E-state index contributed by atoms with van der Waals surface area (Å²) in [7, 11) is 0. The molecule has 0 atom stereocenters. The minimum absolute atomic E-state index is 0.653. The molecule has 1 aromatic carbocycles. The van der Waals surface area contributed by atoms with E-state index in [2.05, 4.69) is 29.1 Å².